The van der Waals surface area contributed by atoms with Crippen molar-refractivity contribution in [1.82, 2.24) is 9.80 Å². The first-order valence-electron chi connectivity index (χ1n) is 10.3. The normalized spacial score (nSPS) is 20.5. The Morgan fingerprint density at radius 3 is 2.54 bits per heavy atom. The quantitative estimate of drug-likeness (QED) is 0.670. The van der Waals surface area contributed by atoms with Gasteiger partial charge in [-0.1, -0.05) is 48.5 Å². The summed E-state index contributed by atoms with van der Waals surface area (Å²) >= 11 is 0. The molecule has 0 aromatic heterocycles. The third-order valence-corrected chi connectivity index (χ3v) is 5.99. The van der Waals surface area contributed by atoms with Crippen molar-refractivity contribution < 1.29 is 4.79 Å². The number of hydrogen-bond acceptors (Lipinski definition) is 3. The molecule has 0 unspecified atom stereocenters. The molecular weight excluding hydrogens is 344 g/mol. The molecule has 0 amide bonds. The van der Waals surface area contributed by atoms with Crippen molar-refractivity contribution in [3.8, 4) is 0 Å². The zero-order valence-corrected chi connectivity index (χ0v) is 17.7. The molecule has 1 heterocycles. The summed E-state index contributed by atoms with van der Waals surface area (Å²) in [4.78, 5) is 18.1. The maximum atomic E-state index is 13.5. The molecule has 1 aliphatic rings. The van der Waals surface area contributed by atoms with Crippen LogP contribution in [0.3, 0.4) is 0 Å². The largest absolute Gasteiger partial charge is 0.309 e. The minimum Gasteiger partial charge on any atom is -0.309 e. The lowest BCUT2D eigenvalue weighted by atomic mass is 9.75. The lowest BCUT2D eigenvalue weighted by Gasteiger charge is -2.39. The number of benzene rings is 2. The molecule has 0 aliphatic carbocycles. The van der Waals surface area contributed by atoms with Gasteiger partial charge in [-0.3, -0.25) is 4.79 Å². The molecule has 3 heteroatoms. The van der Waals surface area contributed by atoms with Crippen LogP contribution in [0.1, 0.15) is 39.4 Å². The highest BCUT2D eigenvalue weighted by atomic mass is 16.1. The number of carbonyl (C=O) groups excluding carboxylic acids is 1. The highest BCUT2D eigenvalue weighted by molar-refractivity contribution is 5.98. The molecule has 0 N–H and O–H groups in total. The van der Waals surface area contributed by atoms with Gasteiger partial charge in [0.2, 0.25) is 0 Å². The van der Waals surface area contributed by atoms with Gasteiger partial charge in [0.15, 0.2) is 5.78 Å². The number of likely N-dealkylation sites (tertiary alicyclic amines) is 1. The highest BCUT2D eigenvalue weighted by Crippen LogP contribution is 2.36. The molecule has 3 rings (SSSR count). The van der Waals surface area contributed by atoms with Crippen LogP contribution in [0.15, 0.2) is 48.5 Å². The van der Waals surface area contributed by atoms with Crippen molar-refractivity contribution in [3.05, 3.63) is 77.2 Å². The topological polar surface area (TPSA) is 23.6 Å². The standard InChI is InChI=1S/C25H33N2O/c1-19-10-8-13-22(20(19)2)23-14-17-27(16-9-15-26(3)4)18-24(23)25(28)21-11-6-5-7-12-21/h5-8,10-14,23-24H,9,15-18H2,1-4H3/t23-,24-/m1/s1. The van der Waals surface area contributed by atoms with Crippen LogP contribution in [0.4, 0.5) is 0 Å². The number of piperidine rings is 1. The first kappa shape index (κ1) is 20.8. The monoisotopic (exact) mass is 377 g/mol. The molecule has 0 spiro atoms. The number of Topliss-reactive ketones (excluding diaryl/α,β-unsaturated/α-hetero) is 1. The van der Waals surface area contributed by atoms with Crippen molar-refractivity contribution in [2.75, 3.05) is 40.3 Å². The number of nitrogens with zero attached hydrogens (tertiary/aromatic N) is 2. The Bertz CT molecular complexity index is 784. The molecular formula is C25H33N2O. The van der Waals surface area contributed by atoms with Gasteiger partial charge in [-0.15, -0.1) is 0 Å². The van der Waals surface area contributed by atoms with Gasteiger partial charge in [0.05, 0.1) is 0 Å². The summed E-state index contributed by atoms with van der Waals surface area (Å²) in [6.07, 6.45) is 3.49. The summed E-state index contributed by atoms with van der Waals surface area (Å²) in [5.41, 5.74) is 4.74. The van der Waals surface area contributed by atoms with Crippen LogP contribution >= 0.6 is 0 Å². The van der Waals surface area contributed by atoms with E-state index in [1.807, 2.05) is 30.3 Å². The summed E-state index contributed by atoms with van der Waals surface area (Å²) in [5, 5.41) is 0. The Labute approximate surface area is 170 Å². The van der Waals surface area contributed by atoms with E-state index in [-0.39, 0.29) is 17.6 Å². The van der Waals surface area contributed by atoms with Crippen LogP contribution in [0.5, 0.6) is 0 Å². The molecule has 1 saturated heterocycles. The second kappa shape index (κ2) is 9.49. The molecule has 1 radical (unpaired) electrons. The maximum Gasteiger partial charge on any atom is 0.167 e. The van der Waals surface area contributed by atoms with Crippen molar-refractivity contribution in [2.24, 2.45) is 5.92 Å². The maximum absolute atomic E-state index is 13.5. The fourth-order valence-electron chi connectivity index (χ4n) is 4.23. The Morgan fingerprint density at radius 1 is 1.07 bits per heavy atom. The van der Waals surface area contributed by atoms with Crippen LogP contribution < -0.4 is 0 Å². The molecule has 2 atom stereocenters. The van der Waals surface area contributed by atoms with Crippen LogP contribution in [-0.4, -0.2) is 55.9 Å². The summed E-state index contributed by atoms with van der Waals surface area (Å²) in [5.74, 6) is 0.411. The van der Waals surface area contributed by atoms with Gasteiger partial charge in [0, 0.05) is 24.6 Å². The number of rotatable bonds is 7. The molecule has 0 saturated carbocycles. The van der Waals surface area contributed by atoms with Gasteiger partial charge in [-0.25, -0.2) is 0 Å². The second-order valence-corrected chi connectivity index (χ2v) is 8.30. The molecule has 149 valence electrons. The van der Waals surface area contributed by atoms with Gasteiger partial charge >= 0.3 is 0 Å². The molecule has 2 aromatic carbocycles. The van der Waals surface area contributed by atoms with E-state index in [0.717, 1.165) is 38.2 Å². The van der Waals surface area contributed by atoms with Gasteiger partial charge in [-0.05, 0) is 76.5 Å². The first-order chi connectivity index (χ1) is 13.5. The average molecular weight is 378 g/mol. The van der Waals surface area contributed by atoms with E-state index in [0.29, 0.717) is 0 Å². The first-order valence-corrected chi connectivity index (χ1v) is 10.3. The summed E-state index contributed by atoms with van der Waals surface area (Å²) in [6.45, 7) is 8.23. The number of hydrogen-bond donors (Lipinski definition) is 0. The Balaban J connectivity index is 1.84. The lowest BCUT2D eigenvalue weighted by Crippen LogP contribution is -2.44. The molecule has 3 nitrogen and oxygen atoms in total. The predicted molar refractivity (Wildman–Crippen MR) is 117 cm³/mol. The van der Waals surface area contributed by atoms with E-state index in [2.05, 4.69) is 62.4 Å². The van der Waals surface area contributed by atoms with Crippen LogP contribution in [-0.2, 0) is 0 Å². The third kappa shape index (κ3) is 4.89. The second-order valence-electron chi connectivity index (χ2n) is 8.30. The third-order valence-electron chi connectivity index (χ3n) is 5.99. The Kier molecular flexibility index (Phi) is 7.03. The zero-order valence-electron chi connectivity index (χ0n) is 17.7. The van der Waals surface area contributed by atoms with Crippen LogP contribution in [0, 0.1) is 26.2 Å². The van der Waals surface area contributed by atoms with Crippen LogP contribution in [0.25, 0.3) is 0 Å². The fourth-order valence-corrected chi connectivity index (χ4v) is 4.23. The van der Waals surface area contributed by atoms with Crippen molar-refractivity contribution in [2.45, 2.75) is 26.2 Å². The Morgan fingerprint density at radius 2 is 1.82 bits per heavy atom. The van der Waals surface area contributed by atoms with E-state index >= 15 is 0 Å². The minimum atomic E-state index is -0.0315. The molecule has 1 fully saturated rings. The van der Waals surface area contributed by atoms with E-state index in [1.54, 1.807) is 0 Å². The van der Waals surface area contributed by atoms with Gasteiger partial charge in [0.25, 0.3) is 0 Å². The van der Waals surface area contributed by atoms with E-state index in [4.69, 9.17) is 0 Å². The predicted octanol–water partition coefficient (Wildman–Crippen LogP) is 4.36. The van der Waals surface area contributed by atoms with Gasteiger partial charge < -0.3 is 9.80 Å². The van der Waals surface area contributed by atoms with Crippen LogP contribution in [0.2, 0.25) is 0 Å². The number of aryl methyl sites for hydroxylation is 1. The summed E-state index contributed by atoms with van der Waals surface area (Å²) in [6, 6.07) is 16.3. The van der Waals surface area contributed by atoms with Crippen molar-refractivity contribution in [1.29, 1.82) is 0 Å². The fraction of sp³-hybridized carbons (Fsp3) is 0.440. The van der Waals surface area contributed by atoms with Crippen molar-refractivity contribution >= 4 is 5.78 Å². The van der Waals surface area contributed by atoms with Gasteiger partial charge in [-0.2, -0.15) is 0 Å². The molecule has 1 aliphatic heterocycles. The zero-order chi connectivity index (χ0) is 20.1. The van der Waals surface area contributed by atoms with E-state index in [9.17, 15) is 4.79 Å². The molecule has 2 aromatic rings. The van der Waals surface area contributed by atoms with E-state index in [1.165, 1.54) is 16.7 Å². The Hall–Kier alpha value is -1.97. The average Bonchev–Trinajstić information content (AvgIpc) is 2.70. The lowest BCUT2D eigenvalue weighted by molar-refractivity contribution is 0.0825. The summed E-state index contributed by atoms with van der Waals surface area (Å²) < 4.78 is 0. The minimum absolute atomic E-state index is 0.0315. The molecule has 28 heavy (non-hydrogen) atoms. The smallest absolute Gasteiger partial charge is 0.167 e. The van der Waals surface area contributed by atoms with Crippen molar-refractivity contribution in [3.63, 3.8) is 0 Å². The van der Waals surface area contributed by atoms with E-state index < -0.39 is 0 Å². The SMILES string of the molecule is Cc1cccc([C@H]2[CH]CN(CCCN(C)C)C[C@H]2C(=O)c2ccccc2)c1C. The number of ketones is 1. The summed E-state index contributed by atoms with van der Waals surface area (Å²) in [7, 11) is 4.22. The molecule has 0 bridgehead atoms. The number of carbonyl (C=O) groups is 1. The highest BCUT2D eigenvalue weighted by Gasteiger charge is 2.36. The van der Waals surface area contributed by atoms with Gasteiger partial charge in [0.1, 0.15) is 0 Å².